The fraction of sp³-hybridized carbons (Fsp3) is 0.745. The number of nitrogens with two attached hydrogens (primary N) is 1. The van der Waals surface area contributed by atoms with Crippen molar-refractivity contribution in [3.05, 3.63) is 58.7 Å². The van der Waals surface area contributed by atoms with Crippen LogP contribution in [0.15, 0.2) is 36.4 Å². The number of benzene rings is 2. The molecule has 7 unspecified atom stereocenters. The van der Waals surface area contributed by atoms with Gasteiger partial charge in [-0.15, -0.1) is 0 Å². The van der Waals surface area contributed by atoms with Crippen LogP contribution < -0.4 is 15.2 Å². The lowest BCUT2D eigenvalue weighted by atomic mass is 9.59. The van der Waals surface area contributed by atoms with Crippen LogP contribution in [0, 0.1) is 28.6 Å². The maximum absolute atomic E-state index is 13.8. The summed E-state index contributed by atoms with van der Waals surface area (Å²) in [6.45, 7) is 17.3. The topological polar surface area (TPSA) is 122 Å². The first-order valence-corrected chi connectivity index (χ1v) is 25.4. The van der Waals surface area contributed by atoms with Crippen molar-refractivity contribution in [2.45, 2.75) is 213 Å². The van der Waals surface area contributed by atoms with Gasteiger partial charge in [-0.25, -0.2) is 4.79 Å². The Bertz CT molecular complexity index is 1730. The third-order valence-electron chi connectivity index (χ3n) is 15.9. The van der Waals surface area contributed by atoms with Gasteiger partial charge in [-0.2, -0.15) is 0 Å². The Kier molecular flexibility index (Phi) is 18.6. The van der Waals surface area contributed by atoms with Crippen LogP contribution >= 0.6 is 0 Å². The van der Waals surface area contributed by atoms with Crippen LogP contribution in [-0.2, 0) is 23.1 Å². The second kappa shape index (κ2) is 23.0. The van der Waals surface area contributed by atoms with Crippen molar-refractivity contribution in [1.29, 1.82) is 0 Å². The third kappa shape index (κ3) is 12.9. The number of hydrogen-bond donors (Lipinski definition) is 3. The highest BCUT2D eigenvalue weighted by atomic mass is 16.6. The zero-order valence-corrected chi connectivity index (χ0v) is 41.0. The van der Waals surface area contributed by atoms with Crippen LogP contribution in [0.25, 0.3) is 0 Å². The number of carbonyl (C=O) groups is 2. The molecule has 4 aliphatic rings. The molecule has 8 heteroatoms. The van der Waals surface area contributed by atoms with Crippen LogP contribution in [0.3, 0.4) is 0 Å². The van der Waals surface area contributed by atoms with Gasteiger partial charge in [0.15, 0.2) is 11.5 Å². The maximum Gasteiger partial charge on any atom is 0.343 e. The van der Waals surface area contributed by atoms with Crippen LogP contribution in [-0.4, -0.2) is 65.4 Å². The molecule has 1 amide bonds. The van der Waals surface area contributed by atoms with Crippen molar-refractivity contribution in [3.8, 4) is 11.5 Å². The van der Waals surface area contributed by atoms with Gasteiger partial charge in [0.25, 0.3) is 0 Å². The number of fused-ring (bicyclic) bond motifs is 3. The first-order chi connectivity index (χ1) is 30.1. The van der Waals surface area contributed by atoms with Gasteiger partial charge in [-0.1, -0.05) is 143 Å². The largest absolute Gasteiger partial charge is 0.493 e. The van der Waals surface area contributed by atoms with E-state index in [2.05, 4.69) is 63.5 Å². The maximum atomic E-state index is 13.8. The Morgan fingerprint density at radius 1 is 0.889 bits per heavy atom. The lowest BCUT2D eigenvalue weighted by Gasteiger charge is -2.57. The van der Waals surface area contributed by atoms with Crippen molar-refractivity contribution in [1.82, 2.24) is 4.90 Å². The van der Waals surface area contributed by atoms with E-state index in [1.54, 1.807) is 7.11 Å². The number of aryl methyl sites for hydroxylation is 1. The highest BCUT2D eigenvalue weighted by Gasteiger charge is 2.72. The SMILES string of the molecule is CCCCCCCCCCCCCCCCCc1ccc(C(=O)Oc2ccc3c(c2OC)C2(CC(C)O)CC4(C3)CN(CC3CC3)C4C2CC(C)(O)C(C)C(C)(C)C)cc1.NC=O. The molecular formula is C55H88N2O6. The summed E-state index contributed by atoms with van der Waals surface area (Å²) in [5.41, 5.74) is 6.97. The van der Waals surface area contributed by atoms with E-state index < -0.39 is 17.1 Å². The van der Waals surface area contributed by atoms with Crippen molar-refractivity contribution in [2.75, 3.05) is 20.2 Å². The summed E-state index contributed by atoms with van der Waals surface area (Å²) in [7, 11) is 1.69. The molecule has 2 saturated carbocycles. The number of esters is 1. The lowest BCUT2D eigenvalue weighted by Crippen LogP contribution is -2.65. The molecule has 3 fully saturated rings. The van der Waals surface area contributed by atoms with E-state index in [0.29, 0.717) is 35.9 Å². The number of unbranched alkanes of at least 4 members (excludes halogenated alkanes) is 14. The molecule has 7 atom stereocenters. The third-order valence-corrected chi connectivity index (χ3v) is 15.9. The second-order valence-electron chi connectivity index (χ2n) is 22.1. The van der Waals surface area contributed by atoms with Gasteiger partial charge in [-0.3, -0.25) is 9.69 Å². The number of likely N-dealkylation sites (tertiary alicyclic amines) is 1. The Morgan fingerprint density at radius 2 is 1.44 bits per heavy atom. The van der Waals surface area contributed by atoms with Crippen LogP contribution in [0.1, 0.15) is 204 Å². The summed E-state index contributed by atoms with van der Waals surface area (Å²) in [6, 6.07) is 12.4. The van der Waals surface area contributed by atoms with Crippen molar-refractivity contribution < 1.29 is 29.3 Å². The molecule has 1 saturated heterocycles. The molecule has 8 nitrogen and oxygen atoms in total. The van der Waals surface area contributed by atoms with E-state index >= 15 is 0 Å². The van der Waals surface area contributed by atoms with Crippen molar-refractivity contribution >= 4 is 12.4 Å². The van der Waals surface area contributed by atoms with E-state index in [9.17, 15) is 15.0 Å². The number of amides is 1. The van der Waals surface area contributed by atoms with E-state index in [4.69, 9.17) is 14.3 Å². The molecular weight excluding hydrogens is 785 g/mol. The molecule has 354 valence electrons. The number of methoxy groups -OCH3 is 1. The molecule has 3 aliphatic carbocycles. The Hall–Kier alpha value is -2.94. The number of primary amides is 1. The van der Waals surface area contributed by atoms with Gasteiger partial charge in [0, 0.05) is 35.5 Å². The van der Waals surface area contributed by atoms with Gasteiger partial charge >= 0.3 is 5.97 Å². The molecule has 4 N–H and O–H groups in total. The molecule has 63 heavy (non-hydrogen) atoms. The van der Waals surface area contributed by atoms with E-state index in [0.717, 1.165) is 43.8 Å². The fourth-order valence-corrected chi connectivity index (χ4v) is 12.4. The molecule has 0 aromatic heterocycles. The monoisotopic (exact) mass is 873 g/mol. The van der Waals surface area contributed by atoms with Gasteiger partial charge in [0.1, 0.15) is 0 Å². The number of nitrogens with zero attached hydrogens (tertiary/aromatic N) is 1. The molecule has 2 bridgehead atoms. The van der Waals surface area contributed by atoms with Crippen molar-refractivity contribution in [3.63, 3.8) is 0 Å². The van der Waals surface area contributed by atoms with Gasteiger partial charge in [0.2, 0.25) is 6.41 Å². The summed E-state index contributed by atoms with van der Waals surface area (Å²) < 4.78 is 12.6. The average Bonchev–Trinajstić information content (AvgIpc) is 4.03. The molecule has 0 radical (unpaired) electrons. The number of ether oxygens (including phenoxy) is 2. The smallest absolute Gasteiger partial charge is 0.343 e. The Labute approximate surface area is 382 Å². The molecule has 2 aromatic rings. The lowest BCUT2D eigenvalue weighted by molar-refractivity contribution is -0.107. The van der Waals surface area contributed by atoms with E-state index in [1.165, 1.54) is 120 Å². The first kappa shape index (κ1) is 51.1. The van der Waals surface area contributed by atoms with Crippen LogP contribution in [0.4, 0.5) is 0 Å². The summed E-state index contributed by atoms with van der Waals surface area (Å²) in [6.07, 6.45) is 26.9. The number of aliphatic hydroxyl groups is 2. The summed E-state index contributed by atoms with van der Waals surface area (Å²) in [5.74, 6) is 1.61. The molecule has 2 aromatic carbocycles. The molecule has 6 rings (SSSR count). The summed E-state index contributed by atoms with van der Waals surface area (Å²) in [5, 5.41) is 23.7. The molecule has 1 spiro atoms. The van der Waals surface area contributed by atoms with E-state index in [-0.39, 0.29) is 35.0 Å². The average molecular weight is 873 g/mol. The van der Waals surface area contributed by atoms with Gasteiger partial charge < -0.3 is 25.4 Å². The Morgan fingerprint density at radius 3 is 1.95 bits per heavy atom. The minimum Gasteiger partial charge on any atom is -0.493 e. The summed E-state index contributed by atoms with van der Waals surface area (Å²) in [4.78, 5) is 25.1. The number of aliphatic hydroxyl groups excluding tert-OH is 1. The number of rotatable bonds is 26. The zero-order chi connectivity index (χ0) is 45.8. The first-order valence-electron chi connectivity index (χ1n) is 25.4. The quantitative estimate of drug-likeness (QED) is 0.0372. The predicted octanol–water partition coefficient (Wildman–Crippen LogP) is 11.9. The fourth-order valence-electron chi connectivity index (χ4n) is 12.4. The standard InChI is InChI=1S/C54H85NO5.CH3NO/c1-9-10-11-12-13-14-15-16-17-18-19-20-21-22-23-24-41-27-29-43(30-28-41)50(57)60-46-32-31-44-34-53-37-54(33-39(2)56,47(44)48(46)59-8)45(35-52(7,58)40(3)51(4,5)6)49(53)55(38-53)36-42-25-26-42;2-1-3/h27-32,39-40,42,45,49,56,58H,9-26,33-38H2,1-8H3;1H,(H2,2,3). The van der Waals surface area contributed by atoms with Crippen molar-refractivity contribution in [2.24, 2.45) is 34.3 Å². The number of carbonyl (C=O) groups excluding carboxylic acids is 2. The van der Waals surface area contributed by atoms with Crippen LogP contribution in [0.5, 0.6) is 11.5 Å². The van der Waals surface area contributed by atoms with E-state index in [1.807, 2.05) is 32.0 Å². The normalized spacial score (nSPS) is 24.5. The summed E-state index contributed by atoms with van der Waals surface area (Å²) >= 11 is 0. The van der Waals surface area contributed by atoms with Gasteiger partial charge in [-0.05, 0) is 118 Å². The Balaban J connectivity index is 0.00000242. The highest BCUT2D eigenvalue weighted by Crippen LogP contribution is 2.71. The molecule has 1 heterocycles. The predicted molar refractivity (Wildman–Crippen MR) is 257 cm³/mol. The molecule has 1 aliphatic heterocycles. The highest BCUT2D eigenvalue weighted by molar-refractivity contribution is 5.91. The zero-order valence-electron chi connectivity index (χ0n) is 41.0. The minimum atomic E-state index is -0.913. The van der Waals surface area contributed by atoms with Crippen LogP contribution in [0.2, 0.25) is 0 Å². The minimum absolute atomic E-state index is 0.0612. The number of hydrogen-bond acceptors (Lipinski definition) is 7. The van der Waals surface area contributed by atoms with Gasteiger partial charge in [0.05, 0.1) is 24.4 Å². The second-order valence-corrected chi connectivity index (χ2v) is 22.1.